The molecule has 1 heterocycles. The van der Waals surface area contributed by atoms with Gasteiger partial charge < -0.3 is 0 Å². The second-order valence-electron chi connectivity index (χ2n) is 4.58. The summed E-state index contributed by atoms with van der Waals surface area (Å²) in [6.07, 6.45) is 1.58. The predicted octanol–water partition coefficient (Wildman–Crippen LogP) is 3.06. The second-order valence-corrected chi connectivity index (χ2v) is 5.57. The summed E-state index contributed by atoms with van der Waals surface area (Å²) in [4.78, 5) is 16.2. The van der Waals surface area contributed by atoms with E-state index in [4.69, 9.17) is 5.26 Å². The fourth-order valence-corrected chi connectivity index (χ4v) is 2.78. The quantitative estimate of drug-likeness (QED) is 0.819. The predicted molar refractivity (Wildman–Crippen MR) is 84.9 cm³/mol. The highest BCUT2D eigenvalue weighted by Gasteiger charge is 2.20. The highest BCUT2D eigenvalue weighted by molar-refractivity contribution is 7.99. The minimum Gasteiger partial charge on any atom is -0.297 e. The minimum atomic E-state index is -0.810. The van der Waals surface area contributed by atoms with Crippen LogP contribution in [0.2, 0.25) is 0 Å². The van der Waals surface area contributed by atoms with Crippen LogP contribution in [-0.4, -0.2) is 16.5 Å². The van der Waals surface area contributed by atoms with E-state index in [1.165, 1.54) is 11.8 Å². The Bertz CT molecular complexity index is 714. The molecule has 0 saturated heterocycles. The van der Waals surface area contributed by atoms with Gasteiger partial charge in [-0.25, -0.2) is 0 Å². The van der Waals surface area contributed by atoms with E-state index in [9.17, 15) is 10.1 Å². The number of aromatic nitrogens is 1. The van der Waals surface area contributed by atoms with Gasteiger partial charge >= 0.3 is 0 Å². The fourth-order valence-electron chi connectivity index (χ4n) is 1.88. The third-order valence-electron chi connectivity index (χ3n) is 3.03. The van der Waals surface area contributed by atoms with E-state index in [0.717, 1.165) is 5.56 Å². The molecule has 22 heavy (non-hydrogen) atoms. The van der Waals surface area contributed by atoms with Gasteiger partial charge in [0.15, 0.2) is 5.78 Å². The number of ketones is 1. The third kappa shape index (κ3) is 4.18. The molecule has 0 aliphatic heterocycles. The Morgan fingerprint density at radius 3 is 2.55 bits per heavy atom. The summed E-state index contributed by atoms with van der Waals surface area (Å²) >= 11 is 1.45. The lowest BCUT2D eigenvalue weighted by Gasteiger charge is -2.07. The maximum Gasteiger partial charge on any atom is 0.165 e. The van der Waals surface area contributed by atoms with Crippen LogP contribution < -0.4 is 0 Å². The van der Waals surface area contributed by atoms with E-state index in [2.05, 4.69) is 11.1 Å². The summed E-state index contributed by atoms with van der Waals surface area (Å²) in [5.74, 6) is -0.0263. The number of thioether (sulfide) groups is 1. The zero-order valence-corrected chi connectivity index (χ0v) is 12.6. The molecule has 1 aromatic carbocycles. The van der Waals surface area contributed by atoms with Gasteiger partial charge in [-0.2, -0.15) is 10.5 Å². The zero-order chi connectivity index (χ0) is 15.8. The van der Waals surface area contributed by atoms with Crippen LogP contribution in [0.1, 0.15) is 22.7 Å². The Labute approximate surface area is 133 Å². The summed E-state index contributed by atoms with van der Waals surface area (Å²) in [5.41, 5.74) is 2.15. The number of rotatable bonds is 6. The number of carbonyl (C=O) groups is 1. The fraction of sp³-hybridized carbons (Fsp3) is 0.176. The van der Waals surface area contributed by atoms with Crippen LogP contribution in [0.4, 0.5) is 0 Å². The molecule has 0 radical (unpaired) electrons. The Morgan fingerprint density at radius 1 is 1.18 bits per heavy atom. The summed E-state index contributed by atoms with van der Waals surface area (Å²) in [6.45, 7) is 0. The number of benzene rings is 1. The molecule has 1 atom stereocenters. The largest absolute Gasteiger partial charge is 0.297 e. The van der Waals surface area contributed by atoms with E-state index < -0.39 is 5.92 Å². The highest BCUT2D eigenvalue weighted by atomic mass is 32.2. The van der Waals surface area contributed by atoms with E-state index in [1.807, 2.05) is 18.2 Å². The van der Waals surface area contributed by atoms with Gasteiger partial charge in [0.25, 0.3) is 0 Å². The van der Waals surface area contributed by atoms with Crippen LogP contribution in [0.25, 0.3) is 0 Å². The molecule has 2 rings (SSSR count). The first-order valence-corrected chi connectivity index (χ1v) is 7.80. The lowest BCUT2D eigenvalue weighted by Crippen LogP contribution is -2.14. The Morgan fingerprint density at radius 2 is 1.95 bits per heavy atom. The Balaban J connectivity index is 1.89. The van der Waals surface area contributed by atoms with Crippen LogP contribution >= 0.6 is 11.8 Å². The smallest absolute Gasteiger partial charge is 0.165 e. The van der Waals surface area contributed by atoms with Crippen LogP contribution in [0.3, 0.4) is 0 Å². The second kappa shape index (κ2) is 7.97. The number of carbonyl (C=O) groups excluding carboxylic acids is 1. The van der Waals surface area contributed by atoms with E-state index in [0.29, 0.717) is 17.0 Å². The van der Waals surface area contributed by atoms with Gasteiger partial charge in [-0.05, 0) is 29.8 Å². The van der Waals surface area contributed by atoms with Gasteiger partial charge in [-0.1, -0.05) is 18.2 Å². The molecule has 0 amide bonds. The van der Waals surface area contributed by atoms with Crippen molar-refractivity contribution < 1.29 is 4.79 Å². The van der Waals surface area contributed by atoms with Crippen molar-refractivity contribution in [3.63, 3.8) is 0 Å². The number of Topliss-reactive ketones (excluding diaryl/α,β-unsaturated/α-hetero) is 1. The first-order valence-electron chi connectivity index (χ1n) is 6.64. The number of nitriles is 2. The molecule has 0 spiro atoms. The van der Waals surface area contributed by atoms with E-state index in [1.54, 1.807) is 36.5 Å². The molecule has 0 N–H and O–H groups in total. The molecular weight excluding hydrogens is 294 g/mol. The summed E-state index contributed by atoms with van der Waals surface area (Å²) < 4.78 is 0. The molecule has 0 saturated carbocycles. The molecule has 0 aliphatic rings. The molecule has 1 unspecified atom stereocenters. The molecule has 4 nitrogen and oxygen atoms in total. The lowest BCUT2D eigenvalue weighted by atomic mass is 10.0. The SMILES string of the molecule is N#Cc1ccc(CSCC(=O)C(C#N)c2ccccn2)cc1. The van der Waals surface area contributed by atoms with Gasteiger partial charge in [-0.3, -0.25) is 9.78 Å². The summed E-state index contributed by atoms with van der Waals surface area (Å²) in [6, 6.07) is 16.5. The van der Waals surface area contributed by atoms with E-state index >= 15 is 0 Å². The van der Waals surface area contributed by atoms with Crippen molar-refractivity contribution >= 4 is 17.5 Å². The van der Waals surface area contributed by atoms with Crippen LogP contribution in [0.15, 0.2) is 48.7 Å². The summed E-state index contributed by atoms with van der Waals surface area (Å²) in [5, 5.41) is 17.9. The monoisotopic (exact) mass is 307 g/mol. The maximum absolute atomic E-state index is 12.1. The van der Waals surface area contributed by atoms with Crippen molar-refractivity contribution in [1.29, 1.82) is 10.5 Å². The maximum atomic E-state index is 12.1. The van der Waals surface area contributed by atoms with Crippen LogP contribution in [0, 0.1) is 22.7 Å². The van der Waals surface area contributed by atoms with Crippen molar-refractivity contribution in [1.82, 2.24) is 4.98 Å². The lowest BCUT2D eigenvalue weighted by molar-refractivity contribution is -0.116. The molecule has 0 fully saturated rings. The molecule has 1 aromatic heterocycles. The van der Waals surface area contributed by atoms with Crippen LogP contribution in [-0.2, 0) is 10.5 Å². The van der Waals surface area contributed by atoms with Crippen molar-refractivity contribution in [2.24, 2.45) is 0 Å². The highest BCUT2D eigenvalue weighted by Crippen LogP contribution is 2.19. The Hall–Kier alpha value is -2.63. The molecule has 5 heteroatoms. The first-order chi connectivity index (χ1) is 10.7. The van der Waals surface area contributed by atoms with Crippen LogP contribution in [0.5, 0.6) is 0 Å². The number of hydrogen-bond donors (Lipinski definition) is 0. The number of nitrogens with zero attached hydrogens (tertiary/aromatic N) is 3. The zero-order valence-electron chi connectivity index (χ0n) is 11.8. The molecule has 108 valence electrons. The van der Waals surface area contributed by atoms with Gasteiger partial charge in [0.05, 0.1) is 29.1 Å². The standard InChI is InChI=1S/C17H13N3OS/c18-9-13-4-6-14(7-5-13)11-22-12-17(21)15(10-19)16-3-1-2-8-20-16/h1-8,15H,11-12H2. The van der Waals surface area contributed by atoms with Gasteiger partial charge in [0, 0.05) is 11.9 Å². The first kappa shape index (κ1) is 15.8. The third-order valence-corrected chi connectivity index (χ3v) is 4.06. The summed E-state index contributed by atoms with van der Waals surface area (Å²) in [7, 11) is 0. The average molecular weight is 307 g/mol. The van der Waals surface area contributed by atoms with Crippen molar-refractivity contribution in [2.45, 2.75) is 11.7 Å². The average Bonchev–Trinajstić information content (AvgIpc) is 2.57. The Kier molecular flexibility index (Phi) is 5.71. The molecule has 0 aliphatic carbocycles. The number of hydrogen-bond acceptors (Lipinski definition) is 5. The molecule has 2 aromatic rings. The number of pyridine rings is 1. The van der Waals surface area contributed by atoms with Gasteiger partial charge in [-0.15, -0.1) is 11.8 Å². The molecular formula is C17H13N3OS. The van der Waals surface area contributed by atoms with Gasteiger partial charge in [0.1, 0.15) is 5.92 Å². The minimum absolute atomic E-state index is 0.139. The van der Waals surface area contributed by atoms with Crippen molar-refractivity contribution in [3.8, 4) is 12.1 Å². The van der Waals surface area contributed by atoms with E-state index in [-0.39, 0.29) is 11.5 Å². The topological polar surface area (TPSA) is 77.5 Å². The molecule has 0 bridgehead atoms. The van der Waals surface area contributed by atoms with Gasteiger partial charge in [0.2, 0.25) is 0 Å². The van der Waals surface area contributed by atoms with Crippen molar-refractivity contribution in [2.75, 3.05) is 5.75 Å². The van der Waals surface area contributed by atoms with Crippen molar-refractivity contribution in [3.05, 3.63) is 65.5 Å². The normalized spacial score (nSPS) is 11.2.